The van der Waals surface area contributed by atoms with E-state index in [4.69, 9.17) is 0 Å². The van der Waals surface area contributed by atoms with Gasteiger partial charge in [0.05, 0.1) is 16.9 Å². The molecule has 4 nitrogen and oxygen atoms in total. The topological polar surface area (TPSA) is 53.2 Å². The summed E-state index contributed by atoms with van der Waals surface area (Å²) < 4.78 is 65.7. The first-order valence-electron chi connectivity index (χ1n) is 9.96. The summed E-state index contributed by atoms with van der Waals surface area (Å²) in [6, 6.07) is 9.61. The monoisotopic (exact) mass is 443 g/mol. The fourth-order valence-electron chi connectivity index (χ4n) is 2.90. The number of rotatable bonds is 10. The summed E-state index contributed by atoms with van der Waals surface area (Å²) in [6.45, 7) is 2.13. The minimum Gasteiger partial charge on any atom is -0.386 e. The average molecular weight is 443 g/mol. The van der Waals surface area contributed by atoms with Gasteiger partial charge >= 0.3 is 6.18 Å². The van der Waals surface area contributed by atoms with Crippen LogP contribution in [-0.4, -0.2) is 25.3 Å². The van der Waals surface area contributed by atoms with E-state index in [0.29, 0.717) is 29.8 Å². The van der Waals surface area contributed by atoms with Crippen LogP contribution in [0.4, 0.5) is 39.0 Å². The zero-order valence-electron chi connectivity index (χ0n) is 17.3. The van der Waals surface area contributed by atoms with Crippen LogP contribution < -0.4 is 16.0 Å². The van der Waals surface area contributed by atoms with Crippen molar-refractivity contribution in [2.24, 2.45) is 0 Å². The minimum absolute atomic E-state index is 0.0171. The van der Waals surface area contributed by atoms with Crippen molar-refractivity contribution in [3.63, 3.8) is 0 Å². The number of carbonyl (C=O) groups is 1. The maximum Gasteiger partial charge on any atom is 0.416 e. The van der Waals surface area contributed by atoms with Crippen molar-refractivity contribution in [1.29, 1.82) is 0 Å². The van der Waals surface area contributed by atoms with Gasteiger partial charge in [0, 0.05) is 19.3 Å². The van der Waals surface area contributed by atoms with Crippen molar-refractivity contribution in [2.75, 3.05) is 23.0 Å². The number of carbonyl (C=O) groups excluding carboxylic acids is 1. The summed E-state index contributed by atoms with van der Waals surface area (Å²) in [4.78, 5) is 12.0. The highest BCUT2D eigenvalue weighted by molar-refractivity contribution is 5.97. The predicted octanol–water partition coefficient (Wildman–Crippen LogP) is 6.16. The van der Waals surface area contributed by atoms with Crippen LogP contribution in [0.1, 0.15) is 37.3 Å². The van der Waals surface area contributed by atoms with Gasteiger partial charge in [0.1, 0.15) is 6.17 Å². The zero-order valence-corrected chi connectivity index (χ0v) is 17.3. The Bertz CT molecular complexity index is 855. The Balaban J connectivity index is 2.00. The third-order valence-corrected chi connectivity index (χ3v) is 4.73. The van der Waals surface area contributed by atoms with E-state index in [-0.39, 0.29) is 18.7 Å². The van der Waals surface area contributed by atoms with E-state index in [1.54, 1.807) is 19.2 Å². The van der Waals surface area contributed by atoms with Crippen LogP contribution in [0.3, 0.4) is 0 Å². The van der Waals surface area contributed by atoms with E-state index in [0.717, 1.165) is 12.1 Å². The van der Waals surface area contributed by atoms with Crippen molar-refractivity contribution in [1.82, 2.24) is 0 Å². The Morgan fingerprint density at radius 3 is 2.29 bits per heavy atom. The van der Waals surface area contributed by atoms with Gasteiger partial charge in [0.15, 0.2) is 0 Å². The molecule has 0 radical (unpaired) electrons. The van der Waals surface area contributed by atoms with Gasteiger partial charge in [-0.15, -0.1) is 0 Å². The molecular weight excluding hydrogens is 417 g/mol. The molecule has 0 spiro atoms. The summed E-state index contributed by atoms with van der Waals surface area (Å²) >= 11 is 0. The van der Waals surface area contributed by atoms with Gasteiger partial charge in [0.2, 0.25) is 6.17 Å². The minimum atomic E-state index is -4.38. The first kappa shape index (κ1) is 24.4. The largest absolute Gasteiger partial charge is 0.416 e. The average Bonchev–Trinajstić information content (AvgIpc) is 2.75. The molecule has 9 heteroatoms. The van der Waals surface area contributed by atoms with Crippen molar-refractivity contribution >= 4 is 23.0 Å². The molecule has 2 atom stereocenters. The molecule has 0 bridgehead atoms. The smallest absolute Gasteiger partial charge is 0.386 e. The summed E-state index contributed by atoms with van der Waals surface area (Å²) in [5.41, 5.74) is 1.33. The fraction of sp³-hybridized carbons (Fsp3) is 0.409. The normalized spacial score (nSPS) is 13.4. The molecule has 0 aromatic heterocycles. The van der Waals surface area contributed by atoms with Crippen LogP contribution in [0.15, 0.2) is 42.5 Å². The second-order valence-corrected chi connectivity index (χ2v) is 7.11. The van der Waals surface area contributed by atoms with E-state index in [1.807, 2.05) is 6.92 Å². The molecule has 1 amide bonds. The maximum absolute atomic E-state index is 14.0. The van der Waals surface area contributed by atoms with E-state index in [1.165, 1.54) is 18.2 Å². The number of amides is 1. The maximum atomic E-state index is 14.0. The summed E-state index contributed by atoms with van der Waals surface area (Å²) in [7, 11) is 1.61. The third kappa shape index (κ3) is 7.11. The van der Waals surface area contributed by atoms with E-state index in [9.17, 15) is 26.7 Å². The zero-order chi connectivity index (χ0) is 23.0. The second-order valence-electron chi connectivity index (χ2n) is 7.11. The number of anilines is 3. The SMILES string of the molecule is CCCC[C@H](F)[C@H](F)C(=O)Nc1ccc(NCc2ccc(C(F)(F)F)cc2)cc1NC. The van der Waals surface area contributed by atoms with Crippen molar-refractivity contribution in [3.05, 3.63) is 53.6 Å². The molecule has 0 heterocycles. The van der Waals surface area contributed by atoms with Gasteiger partial charge in [-0.1, -0.05) is 31.9 Å². The lowest BCUT2D eigenvalue weighted by molar-refractivity contribution is -0.137. The molecule has 0 aliphatic carbocycles. The molecule has 0 saturated heterocycles. The molecule has 0 unspecified atom stereocenters. The number of nitrogens with one attached hydrogen (secondary N) is 3. The van der Waals surface area contributed by atoms with Gasteiger partial charge in [0.25, 0.3) is 5.91 Å². The van der Waals surface area contributed by atoms with Crippen LogP contribution in [-0.2, 0) is 17.5 Å². The van der Waals surface area contributed by atoms with Crippen LogP contribution in [0.25, 0.3) is 0 Å². The lowest BCUT2D eigenvalue weighted by Gasteiger charge is -2.17. The van der Waals surface area contributed by atoms with Crippen LogP contribution in [0.2, 0.25) is 0 Å². The van der Waals surface area contributed by atoms with Gasteiger partial charge < -0.3 is 16.0 Å². The molecule has 31 heavy (non-hydrogen) atoms. The molecule has 2 aromatic rings. The molecular formula is C22H26F5N3O. The Labute approximate surface area is 178 Å². The van der Waals surface area contributed by atoms with Crippen molar-refractivity contribution in [2.45, 2.75) is 51.3 Å². The van der Waals surface area contributed by atoms with Gasteiger partial charge in [-0.05, 0) is 42.3 Å². The summed E-state index contributed by atoms with van der Waals surface area (Å²) in [5.74, 6) is -1.05. The van der Waals surface area contributed by atoms with Crippen LogP contribution in [0, 0.1) is 0 Å². The van der Waals surface area contributed by atoms with Crippen LogP contribution >= 0.6 is 0 Å². The Morgan fingerprint density at radius 1 is 1.03 bits per heavy atom. The number of hydrogen-bond donors (Lipinski definition) is 3. The highest BCUT2D eigenvalue weighted by Crippen LogP contribution is 2.30. The molecule has 0 fully saturated rings. The molecule has 0 aliphatic rings. The third-order valence-electron chi connectivity index (χ3n) is 4.73. The molecule has 2 rings (SSSR count). The molecule has 0 aliphatic heterocycles. The number of hydrogen-bond acceptors (Lipinski definition) is 3. The van der Waals surface area contributed by atoms with Gasteiger partial charge in [-0.2, -0.15) is 13.2 Å². The molecule has 2 aromatic carbocycles. The van der Waals surface area contributed by atoms with Crippen LogP contribution in [0.5, 0.6) is 0 Å². The van der Waals surface area contributed by atoms with E-state index in [2.05, 4.69) is 16.0 Å². The Hall–Kier alpha value is -2.84. The summed E-state index contributed by atoms with van der Waals surface area (Å²) in [5, 5.41) is 8.33. The highest BCUT2D eigenvalue weighted by atomic mass is 19.4. The predicted molar refractivity (Wildman–Crippen MR) is 113 cm³/mol. The van der Waals surface area contributed by atoms with Crippen molar-refractivity contribution in [3.8, 4) is 0 Å². The van der Waals surface area contributed by atoms with E-state index < -0.39 is 30.0 Å². The highest BCUT2D eigenvalue weighted by Gasteiger charge is 2.30. The Morgan fingerprint density at radius 2 is 1.71 bits per heavy atom. The second kappa shape index (κ2) is 11.0. The summed E-state index contributed by atoms with van der Waals surface area (Å²) in [6.07, 6.45) is -7.31. The fourth-order valence-corrected chi connectivity index (χ4v) is 2.90. The Kier molecular flexibility index (Phi) is 8.65. The quantitative estimate of drug-likeness (QED) is 0.385. The van der Waals surface area contributed by atoms with E-state index >= 15 is 0 Å². The van der Waals surface area contributed by atoms with Crippen molar-refractivity contribution < 1.29 is 26.7 Å². The molecule has 170 valence electrons. The molecule has 0 saturated carbocycles. The van der Waals surface area contributed by atoms with Gasteiger partial charge in [-0.3, -0.25) is 4.79 Å². The molecule has 3 N–H and O–H groups in total. The van der Waals surface area contributed by atoms with Gasteiger partial charge in [-0.25, -0.2) is 8.78 Å². The number of benzene rings is 2. The lowest BCUT2D eigenvalue weighted by Crippen LogP contribution is -2.32. The number of halogens is 5. The first-order chi connectivity index (χ1) is 14.7. The first-order valence-corrected chi connectivity index (χ1v) is 9.96. The number of unbranched alkanes of at least 4 members (excludes halogenated alkanes) is 1. The lowest BCUT2D eigenvalue weighted by atomic mass is 10.1. The standard InChI is InChI=1S/C22H26F5N3O/c1-3-4-5-17(23)20(24)21(31)30-18-11-10-16(12-19(18)28-2)29-13-14-6-8-15(9-7-14)22(25,26)27/h6-12,17,20,28-29H,3-5,13H2,1-2H3,(H,30,31)/t17-,20-/m0/s1. The number of alkyl halides is 5.